The van der Waals surface area contributed by atoms with Crippen LogP contribution < -0.4 is 25.2 Å². The molecule has 4 rings (SSSR count). The number of likely N-dealkylation sites (N-methyl/N-ethyl adjacent to an activating group) is 1. The number of anilines is 4. The number of aromatic nitrogens is 1. The molecular weight excluding hydrogens is 430 g/mol. The molecule has 0 spiro atoms. The van der Waals surface area contributed by atoms with E-state index in [4.69, 9.17) is 4.74 Å². The molecule has 1 saturated heterocycles. The van der Waals surface area contributed by atoms with Crippen molar-refractivity contribution >= 4 is 38.6 Å². The highest BCUT2D eigenvalue weighted by Gasteiger charge is 2.38. The van der Waals surface area contributed by atoms with Gasteiger partial charge in [0.2, 0.25) is 5.91 Å². The first-order chi connectivity index (χ1) is 15.2. The van der Waals surface area contributed by atoms with Crippen molar-refractivity contribution in [1.29, 1.82) is 0 Å². The number of sulfone groups is 1. The summed E-state index contributed by atoms with van der Waals surface area (Å²) in [6, 6.07) is 6.56. The van der Waals surface area contributed by atoms with E-state index in [0.29, 0.717) is 17.3 Å². The third-order valence-electron chi connectivity index (χ3n) is 6.17. The van der Waals surface area contributed by atoms with Crippen LogP contribution in [-0.2, 0) is 14.6 Å². The second-order valence-corrected chi connectivity index (χ2v) is 10.3. The molecule has 2 aliphatic rings. The molecule has 3 heterocycles. The largest absolute Gasteiger partial charge is 0.495 e. The van der Waals surface area contributed by atoms with Gasteiger partial charge in [-0.1, -0.05) is 0 Å². The number of ether oxygens (including phenoxy) is 1. The summed E-state index contributed by atoms with van der Waals surface area (Å²) >= 11 is 0. The lowest BCUT2D eigenvalue weighted by Gasteiger charge is -2.45. The molecular formula is C22H29N5O4S. The minimum absolute atomic E-state index is 0.0427. The van der Waals surface area contributed by atoms with Gasteiger partial charge in [0.05, 0.1) is 35.3 Å². The minimum Gasteiger partial charge on any atom is -0.495 e. The average Bonchev–Trinajstić information content (AvgIpc) is 2.78. The molecule has 1 aromatic heterocycles. The summed E-state index contributed by atoms with van der Waals surface area (Å²) in [5, 5.41) is 6.58. The van der Waals surface area contributed by atoms with Crippen LogP contribution in [0.3, 0.4) is 0 Å². The number of benzene rings is 1. The summed E-state index contributed by atoms with van der Waals surface area (Å²) in [6.45, 7) is 3.77. The van der Waals surface area contributed by atoms with Crippen LogP contribution in [-0.4, -0.2) is 64.9 Å². The fourth-order valence-electron chi connectivity index (χ4n) is 4.45. The zero-order chi connectivity index (χ0) is 23.0. The summed E-state index contributed by atoms with van der Waals surface area (Å²) in [6.07, 6.45) is 4.76. The van der Waals surface area contributed by atoms with E-state index < -0.39 is 9.84 Å². The highest BCUT2D eigenvalue weighted by Crippen LogP contribution is 2.40. The highest BCUT2D eigenvalue weighted by molar-refractivity contribution is 7.90. The topological polar surface area (TPSA) is 104 Å². The van der Waals surface area contributed by atoms with E-state index in [-0.39, 0.29) is 22.9 Å². The lowest BCUT2D eigenvalue weighted by Crippen LogP contribution is -2.56. The lowest BCUT2D eigenvalue weighted by atomic mass is 9.99. The normalized spacial score (nSPS) is 19.6. The van der Waals surface area contributed by atoms with Crippen LogP contribution in [0, 0.1) is 0 Å². The Kier molecular flexibility index (Phi) is 6.00. The van der Waals surface area contributed by atoms with E-state index in [0.717, 1.165) is 37.3 Å². The summed E-state index contributed by atoms with van der Waals surface area (Å²) in [7, 11) is -0.0768. The maximum Gasteiger partial charge on any atom is 0.249 e. The van der Waals surface area contributed by atoms with Gasteiger partial charge in [-0.2, -0.15) is 0 Å². The van der Waals surface area contributed by atoms with Gasteiger partial charge >= 0.3 is 0 Å². The molecule has 1 fully saturated rings. The van der Waals surface area contributed by atoms with Gasteiger partial charge in [0.1, 0.15) is 17.6 Å². The van der Waals surface area contributed by atoms with E-state index in [1.54, 1.807) is 24.2 Å². The first-order valence-corrected chi connectivity index (χ1v) is 12.5. The molecule has 2 aliphatic heterocycles. The highest BCUT2D eigenvalue weighted by atomic mass is 32.2. The van der Waals surface area contributed by atoms with Crippen LogP contribution in [0.1, 0.15) is 19.8 Å². The fourth-order valence-corrected chi connectivity index (χ4v) is 5.10. The smallest absolute Gasteiger partial charge is 0.249 e. The maximum absolute atomic E-state index is 12.9. The van der Waals surface area contributed by atoms with Crippen molar-refractivity contribution in [2.24, 2.45) is 0 Å². The van der Waals surface area contributed by atoms with Gasteiger partial charge in [-0.05, 0) is 51.1 Å². The number of fused-ring (bicyclic) bond motifs is 1. The number of carbonyl (C=O) groups is 1. The second kappa shape index (κ2) is 8.59. The zero-order valence-electron chi connectivity index (χ0n) is 18.8. The van der Waals surface area contributed by atoms with Crippen molar-refractivity contribution in [3.8, 4) is 5.75 Å². The molecule has 0 bridgehead atoms. The Morgan fingerprint density at radius 1 is 1.19 bits per heavy atom. The summed E-state index contributed by atoms with van der Waals surface area (Å²) in [4.78, 5) is 21.4. The van der Waals surface area contributed by atoms with E-state index in [9.17, 15) is 13.2 Å². The first kappa shape index (κ1) is 22.3. The predicted molar refractivity (Wildman–Crippen MR) is 125 cm³/mol. The van der Waals surface area contributed by atoms with Gasteiger partial charge in [-0.15, -0.1) is 0 Å². The number of pyridine rings is 1. The van der Waals surface area contributed by atoms with E-state index in [1.165, 1.54) is 25.5 Å². The molecule has 9 nitrogen and oxygen atoms in total. The molecule has 32 heavy (non-hydrogen) atoms. The zero-order valence-corrected chi connectivity index (χ0v) is 19.6. The standard InChI is InChI=1S/C22H29N5O4S/c1-14-22(28)26(2)19-13-24-21(12-18(19)27(14)15-7-9-23-10-8-15)25-17-11-16(32(4,29)30)5-6-20(17)31-3/h5-6,11-15,23H,7-10H2,1-4H3,(H,24,25). The summed E-state index contributed by atoms with van der Waals surface area (Å²) in [5.41, 5.74) is 2.20. The van der Waals surface area contributed by atoms with E-state index >= 15 is 0 Å². The van der Waals surface area contributed by atoms with Crippen LogP contribution in [0.4, 0.5) is 22.9 Å². The SMILES string of the molecule is COc1ccc(S(C)(=O)=O)cc1Nc1cc2c(cn1)N(C)C(=O)C(C)N2C1CCNCC1. The van der Waals surface area contributed by atoms with Gasteiger partial charge in [0.25, 0.3) is 0 Å². The van der Waals surface area contributed by atoms with Crippen molar-refractivity contribution in [2.75, 3.05) is 48.6 Å². The number of nitrogens with one attached hydrogen (secondary N) is 2. The van der Waals surface area contributed by atoms with Gasteiger partial charge in [-0.3, -0.25) is 4.79 Å². The number of piperidine rings is 1. The molecule has 0 radical (unpaired) electrons. The second-order valence-electron chi connectivity index (χ2n) is 8.28. The van der Waals surface area contributed by atoms with Crippen molar-refractivity contribution in [3.05, 3.63) is 30.5 Å². The molecule has 0 saturated carbocycles. The number of methoxy groups -OCH3 is 1. The molecule has 0 aliphatic carbocycles. The van der Waals surface area contributed by atoms with Crippen LogP contribution in [0.5, 0.6) is 5.75 Å². The van der Waals surface area contributed by atoms with Gasteiger partial charge in [0.15, 0.2) is 9.84 Å². The predicted octanol–water partition coefficient (Wildman–Crippen LogP) is 2.16. The Hall–Kier alpha value is -2.85. The van der Waals surface area contributed by atoms with Gasteiger partial charge in [0, 0.05) is 25.4 Å². The van der Waals surface area contributed by atoms with Crippen molar-refractivity contribution in [2.45, 2.75) is 36.7 Å². The van der Waals surface area contributed by atoms with Gasteiger partial charge in [-0.25, -0.2) is 13.4 Å². The Labute approximate surface area is 188 Å². The fraction of sp³-hybridized carbons (Fsp3) is 0.455. The van der Waals surface area contributed by atoms with Crippen molar-refractivity contribution < 1.29 is 17.9 Å². The summed E-state index contributed by atoms with van der Waals surface area (Å²) < 4.78 is 29.4. The number of nitrogens with zero attached hydrogens (tertiary/aromatic N) is 3. The quantitative estimate of drug-likeness (QED) is 0.701. The molecule has 1 aromatic carbocycles. The molecule has 10 heteroatoms. The monoisotopic (exact) mass is 459 g/mol. The molecule has 1 unspecified atom stereocenters. The number of hydrogen-bond acceptors (Lipinski definition) is 8. The van der Waals surface area contributed by atoms with Crippen LogP contribution in [0.25, 0.3) is 0 Å². The number of hydrogen-bond donors (Lipinski definition) is 2. The Balaban J connectivity index is 1.74. The number of carbonyl (C=O) groups excluding carboxylic acids is 1. The van der Waals surface area contributed by atoms with Crippen LogP contribution in [0.15, 0.2) is 35.4 Å². The summed E-state index contributed by atoms with van der Waals surface area (Å²) in [5.74, 6) is 1.09. The minimum atomic E-state index is -3.38. The number of rotatable bonds is 5. The molecule has 172 valence electrons. The lowest BCUT2D eigenvalue weighted by molar-refractivity contribution is -0.119. The van der Waals surface area contributed by atoms with Gasteiger partial charge < -0.3 is 25.2 Å². The van der Waals surface area contributed by atoms with Crippen LogP contribution in [0.2, 0.25) is 0 Å². The number of amides is 1. The van der Waals surface area contributed by atoms with E-state index in [2.05, 4.69) is 20.5 Å². The Bertz CT molecular complexity index is 1130. The third kappa shape index (κ3) is 4.12. The Morgan fingerprint density at radius 2 is 1.91 bits per heavy atom. The van der Waals surface area contributed by atoms with Crippen molar-refractivity contribution in [1.82, 2.24) is 10.3 Å². The average molecular weight is 460 g/mol. The van der Waals surface area contributed by atoms with E-state index in [1.807, 2.05) is 13.0 Å². The molecule has 2 N–H and O–H groups in total. The first-order valence-electron chi connectivity index (χ1n) is 10.6. The van der Waals surface area contributed by atoms with Crippen LogP contribution >= 0.6 is 0 Å². The molecule has 1 atom stereocenters. The maximum atomic E-state index is 12.9. The third-order valence-corrected chi connectivity index (χ3v) is 7.28. The van der Waals surface area contributed by atoms with Crippen molar-refractivity contribution in [3.63, 3.8) is 0 Å². The Morgan fingerprint density at radius 3 is 2.56 bits per heavy atom. The molecule has 2 aromatic rings. The molecule has 1 amide bonds.